The minimum absolute atomic E-state index is 0.000206. The van der Waals surface area contributed by atoms with Crippen LogP contribution in [-0.4, -0.2) is 31.8 Å². The summed E-state index contributed by atoms with van der Waals surface area (Å²) in [6.45, 7) is 0.150. The summed E-state index contributed by atoms with van der Waals surface area (Å²) in [5.74, 6) is -1.41. The Kier molecular flexibility index (Phi) is 8.48. The van der Waals surface area contributed by atoms with Gasteiger partial charge in [-0.05, 0) is 49.2 Å². The van der Waals surface area contributed by atoms with Gasteiger partial charge in [0.15, 0.2) is 5.78 Å². The number of benzene rings is 2. The number of carbonyl (C=O) groups excluding carboxylic acids is 1. The largest absolute Gasteiger partial charge is 0.481 e. The average molecular weight is 479 g/mol. The number of ketones is 1. The molecular formula is C19H18Cl3NO5S. The molecule has 0 amide bonds. The number of aliphatic carboxylic acids is 1. The third-order valence-electron chi connectivity index (χ3n) is 4.03. The standard InChI is InChI=1S/C19H18Cl3NO5S/c20-12-5-7-14(17(22)10-12)19(26)15-11-13(6-8-16(15)21)29(27,28)23-9-3-1-2-4-18(24)25/h5-8,10-11,23H,1-4,9H2,(H,24,25). The lowest BCUT2D eigenvalue weighted by atomic mass is 10.0. The fraction of sp³-hybridized carbons (Fsp3) is 0.263. The number of sulfonamides is 1. The van der Waals surface area contributed by atoms with E-state index in [2.05, 4.69) is 4.72 Å². The van der Waals surface area contributed by atoms with Gasteiger partial charge in [-0.15, -0.1) is 0 Å². The van der Waals surface area contributed by atoms with Crippen molar-refractivity contribution in [1.82, 2.24) is 4.72 Å². The molecule has 6 nitrogen and oxygen atoms in total. The predicted octanol–water partition coefficient (Wildman–Crippen LogP) is 4.80. The van der Waals surface area contributed by atoms with Gasteiger partial charge in [-0.25, -0.2) is 13.1 Å². The summed E-state index contributed by atoms with van der Waals surface area (Å²) in [7, 11) is -3.87. The second kappa shape index (κ2) is 10.4. The Labute approximate surface area is 183 Å². The van der Waals surface area contributed by atoms with Crippen LogP contribution in [0.1, 0.15) is 41.6 Å². The molecular weight excluding hydrogens is 461 g/mol. The number of carboxylic acids is 1. The number of nitrogens with one attached hydrogen (secondary N) is 1. The maximum absolute atomic E-state index is 12.8. The summed E-state index contributed by atoms with van der Waals surface area (Å²) >= 11 is 18.0. The lowest BCUT2D eigenvalue weighted by Crippen LogP contribution is -2.25. The Morgan fingerprint density at radius 1 is 0.897 bits per heavy atom. The van der Waals surface area contributed by atoms with E-state index in [1.54, 1.807) is 0 Å². The minimum atomic E-state index is -3.87. The van der Waals surface area contributed by atoms with Crippen molar-refractivity contribution in [3.63, 3.8) is 0 Å². The molecule has 0 radical (unpaired) electrons. The maximum atomic E-state index is 12.8. The summed E-state index contributed by atoms with van der Waals surface area (Å²) < 4.78 is 27.4. The van der Waals surface area contributed by atoms with Gasteiger partial charge in [0.25, 0.3) is 0 Å². The number of rotatable bonds is 10. The zero-order valence-electron chi connectivity index (χ0n) is 15.1. The van der Waals surface area contributed by atoms with Gasteiger partial charge in [0.2, 0.25) is 10.0 Å². The van der Waals surface area contributed by atoms with Crippen LogP contribution in [0.3, 0.4) is 0 Å². The van der Waals surface area contributed by atoms with Gasteiger partial charge < -0.3 is 5.11 Å². The van der Waals surface area contributed by atoms with Crippen LogP contribution in [-0.2, 0) is 14.8 Å². The Hall–Kier alpha value is -1.64. The van der Waals surface area contributed by atoms with E-state index in [0.29, 0.717) is 24.3 Å². The molecule has 0 bridgehead atoms. The van der Waals surface area contributed by atoms with E-state index in [1.165, 1.54) is 36.4 Å². The quantitative estimate of drug-likeness (QED) is 0.377. The molecule has 0 aliphatic rings. The second-order valence-corrected chi connectivity index (χ2v) is 9.21. The maximum Gasteiger partial charge on any atom is 0.303 e. The van der Waals surface area contributed by atoms with Crippen LogP contribution in [0.5, 0.6) is 0 Å². The van der Waals surface area contributed by atoms with Gasteiger partial charge in [0, 0.05) is 29.1 Å². The number of carbonyl (C=O) groups is 2. The summed E-state index contributed by atoms with van der Waals surface area (Å²) in [4.78, 5) is 23.1. The Morgan fingerprint density at radius 2 is 1.62 bits per heavy atom. The molecule has 0 aliphatic heterocycles. The highest BCUT2D eigenvalue weighted by Crippen LogP contribution is 2.28. The van der Waals surface area contributed by atoms with Crippen LogP contribution in [0.25, 0.3) is 0 Å². The molecule has 0 atom stereocenters. The summed E-state index contributed by atoms with van der Waals surface area (Å²) in [6.07, 6.45) is 1.59. The van der Waals surface area contributed by atoms with E-state index < -0.39 is 21.8 Å². The van der Waals surface area contributed by atoms with E-state index in [-0.39, 0.29) is 39.0 Å². The van der Waals surface area contributed by atoms with Crippen molar-refractivity contribution in [2.75, 3.05) is 6.54 Å². The zero-order chi connectivity index (χ0) is 21.6. The smallest absolute Gasteiger partial charge is 0.303 e. The first-order valence-corrected chi connectivity index (χ1v) is 11.2. The first kappa shape index (κ1) is 23.6. The molecule has 156 valence electrons. The van der Waals surface area contributed by atoms with Crippen LogP contribution in [0, 0.1) is 0 Å². The van der Waals surface area contributed by atoms with Gasteiger partial charge in [-0.3, -0.25) is 9.59 Å². The lowest BCUT2D eigenvalue weighted by Gasteiger charge is -2.10. The normalized spacial score (nSPS) is 11.4. The molecule has 29 heavy (non-hydrogen) atoms. The van der Waals surface area contributed by atoms with E-state index in [0.717, 1.165) is 0 Å². The zero-order valence-corrected chi connectivity index (χ0v) is 18.2. The Morgan fingerprint density at radius 3 is 2.28 bits per heavy atom. The molecule has 2 rings (SSSR count). The number of hydrogen-bond acceptors (Lipinski definition) is 4. The van der Waals surface area contributed by atoms with Gasteiger partial charge in [0.05, 0.1) is 14.9 Å². The van der Waals surface area contributed by atoms with E-state index in [1.807, 2.05) is 0 Å². The molecule has 0 fully saturated rings. The van der Waals surface area contributed by atoms with Crippen molar-refractivity contribution in [3.05, 3.63) is 62.6 Å². The molecule has 10 heteroatoms. The van der Waals surface area contributed by atoms with E-state index in [9.17, 15) is 18.0 Å². The average Bonchev–Trinajstić information content (AvgIpc) is 2.64. The fourth-order valence-corrected chi connectivity index (χ4v) is 4.33. The Balaban J connectivity index is 2.14. The number of hydrogen-bond donors (Lipinski definition) is 2. The summed E-state index contributed by atoms with van der Waals surface area (Å²) in [5, 5.41) is 9.17. The van der Waals surface area contributed by atoms with Crippen LogP contribution >= 0.6 is 34.8 Å². The minimum Gasteiger partial charge on any atom is -0.481 e. The SMILES string of the molecule is O=C(O)CCCCCNS(=O)(=O)c1ccc(Cl)c(C(=O)c2ccc(Cl)cc2Cl)c1. The van der Waals surface area contributed by atoms with Gasteiger partial charge in [-0.1, -0.05) is 41.2 Å². The third kappa shape index (κ3) is 6.69. The van der Waals surface area contributed by atoms with Gasteiger partial charge >= 0.3 is 5.97 Å². The fourth-order valence-electron chi connectivity index (χ4n) is 2.53. The topological polar surface area (TPSA) is 101 Å². The molecule has 2 aromatic rings. The predicted molar refractivity (Wildman–Crippen MR) is 113 cm³/mol. The first-order chi connectivity index (χ1) is 13.6. The van der Waals surface area contributed by atoms with Crippen LogP contribution in [0.2, 0.25) is 15.1 Å². The van der Waals surface area contributed by atoms with Crippen molar-refractivity contribution in [2.45, 2.75) is 30.6 Å². The van der Waals surface area contributed by atoms with Crippen molar-refractivity contribution in [2.24, 2.45) is 0 Å². The van der Waals surface area contributed by atoms with E-state index in [4.69, 9.17) is 39.9 Å². The highest BCUT2D eigenvalue weighted by atomic mass is 35.5. The van der Waals surface area contributed by atoms with Gasteiger partial charge in [-0.2, -0.15) is 0 Å². The van der Waals surface area contributed by atoms with Gasteiger partial charge in [0.1, 0.15) is 0 Å². The van der Waals surface area contributed by atoms with Crippen molar-refractivity contribution in [1.29, 1.82) is 0 Å². The van der Waals surface area contributed by atoms with Crippen molar-refractivity contribution < 1.29 is 23.1 Å². The Bertz CT molecular complexity index is 1020. The second-order valence-electron chi connectivity index (χ2n) is 6.20. The highest BCUT2D eigenvalue weighted by molar-refractivity contribution is 7.89. The molecule has 2 N–H and O–H groups in total. The number of halogens is 3. The van der Waals surface area contributed by atoms with Crippen LogP contribution in [0.15, 0.2) is 41.3 Å². The number of unbranched alkanes of at least 4 members (excludes halogenated alkanes) is 2. The highest BCUT2D eigenvalue weighted by Gasteiger charge is 2.21. The molecule has 0 unspecified atom stereocenters. The third-order valence-corrected chi connectivity index (χ3v) is 6.36. The number of carboxylic acid groups (broad SMARTS) is 1. The first-order valence-electron chi connectivity index (χ1n) is 8.62. The molecule has 0 aliphatic carbocycles. The summed E-state index contributed by atoms with van der Waals surface area (Å²) in [5.41, 5.74) is 0.152. The molecule has 0 aromatic heterocycles. The molecule has 0 saturated carbocycles. The van der Waals surface area contributed by atoms with Crippen LogP contribution < -0.4 is 4.72 Å². The molecule has 2 aromatic carbocycles. The molecule has 0 heterocycles. The van der Waals surface area contributed by atoms with Crippen molar-refractivity contribution in [3.8, 4) is 0 Å². The lowest BCUT2D eigenvalue weighted by molar-refractivity contribution is -0.137. The van der Waals surface area contributed by atoms with E-state index >= 15 is 0 Å². The molecule has 0 saturated heterocycles. The molecule has 0 spiro atoms. The summed E-state index contributed by atoms with van der Waals surface area (Å²) in [6, 6.07) is 8.19. The van der Waals surface area contributed by atoms with Crippen molar-refractivity contribution >= 4 is 56.6 Å². The van der Waals surface area contributed by atoms with Crippen LogP contribution in [0.4, 0.5) is 0 Å². The monoisotopic (exact) mass is 477 g/mol.